The van der Waals surface area contributed by atoms with Crippen LogP contribution < -0.4 is 16.0 Å². The normalized spacial score (nSPS) is 20.1. The van der Waals surface area contributed by atoms with Gasteiger partial charge >= 0.3 is 6.08 Å². The number of aryl methyl sites for hydroxylation is 1. The number of anilines is 2. The van der Waals surface area contributed by atoms with E-state index in [1.165, 1.54) is 0 Å². The average Bonchev–Trinajstić information content (AvgIpc) is 3.31. The second-order valence-electron chi connectivity index (χ2n) is 6.53. The van der Waals surface area contributed by atoms with Gasteiger partial charge in [-0.05, 0) is 25.9 Å². The molecule has 1 saturated heterocycles. The first-order valence-electron chi connectivity index (χ1n) is 9.10. The van der Waals surface area contributed by atoms with Gasteiger partial charge in [-0.3, -0.25) is 4.68 Å². The third kappa shape index (κ3) is 4.11. The number of rotatable bonds is 5. The zero-order chi connectivity index (χ0) is 18.6. The van der Waals surface area contributed by atoms with Crippen LogP contribution in [-0.4, -0.2) is 64.8 Å². The Morgan fingerprint density at radius 3 is 2.89 bits per heavy atom. The van der Waals surface area contributed by atoms with Gasteiger partial charge in [0, 0.05) is 37.6 Å². The summed E-state index contributed by atoms with van der Waals surface area (Å²) in [6.07, 6.45) is 7.57. The molecule has 0 aliphatic carbocycles. The molecule has 0 aromatic carbocycles. The third-order valence-corrected chi connectivity index (χ3v) is 4.51. The molecule has 0 radical (unpaired) electrons. The fraction of sp³-hybridized carbons (Fsp3) is 0.529. The monoisotopic (exact) mass is 372 g/mol. The molecule has 144 valence electrons. The summed E-state index contributed by atoms with van der Waals surface area (Å²) >= 11 is 0. The van der Waals surface area contributed by atoms with E-state index in [1.54, 1.807) is 17.1 Å². The maximum Gasteiger partial charge on any atom is 0.385 e. The van der Waals surface area contributed by atoms with Gasteiger partial charge in [-0.15, -0.1) is 0 Å². The van der Waals surface area contributed by atoms with E-state index in [-0.39, 0.29) is 12.3 Å². The van der Waals surface area contributed by atoms with Gasteiger partial charge in [0.15, 0.2) is 6.23 Å². The van der Waals surface area contributed by atoms with E-state index in [0.29, 0.717) is 24.4 Å². The minimum Gasteiger partial charge on any atom is -0.447 e. The molecule has 27 heavy (non-hydrogen) atoms. The molecular weight excluding hydrogens is 348 g/mol. The van der Waals surface area contributed by atoms with E-state index in [9.17, 15) is 0 Å². The van der Waals surface area contributed by atoms with Crippen molar-refractivity contribution in [1.82, 2.24) is 25.1 Å². The lowest BCUT2D eigenvalue weighted by molar-refractivity contribution is 0.0838. The van der Waals surface area contributed by atoms with Gasteiger partial charge in [0.25, 0.3) is 0 Å². The fourth-order valence-corrected chi connectivity index (χ4v) is 3.11. The molecule has 4 heterocycles. The minimum absolute atomic E-state index is 0.162. The molecule has 1 atom stereocenters. The average molecular weight is 372 g/mol. The van der Waals surface area contributed by atoms with Crippen molar-refractivity contribution in [1.29, 1.82) is 0 Å². The van der Waals surface area contributed by atoms with E-state index in [0.717, 1.165) is 37.1 Å². The second kappa shape index (κ2) is 7.78. The predicted molar refractivity (Wildman–Crippen MR) is 102 cm³/mol. The van der Waals surface area contributed by atoms with Crippen molar-refractivity contribution in [2.45, 2.75) is 25.2 Å². The highest BCUT2D eigenvalue weighted by molar-refractivity contribution is 5.74. The molecule has 3 N–H and O–H groups in total. The smallest absolute Gasteiger partial charge is 0.385 e. The number of nitrogens with zero attached hydrogens (tertiary/aromatic N) is 5. The quantitative estimate of drug-likeness (QED) is 0.707. The molecule has 2 aromatic heterocycles. The number of nitrogens with one attached hydrogen (secondary N) is 3. The predicted octanol–water partition coefficient (Wildman–Crippen LogP) is 0.812. The van der Waals surface area contributed by atoms with E-state index >= 15 is 0 Å². The minimum atomic E-state index is -0.337. The molecule has 2 aliphatic rings. The van der Waals surface area contributed by atoms with Crippen LogP contribution in [0.25, 0.3) is 11.1 Å². The highest BCUT2D eigenvalue weighted by Crippen LogP contribution is 2.26. The van der Waals surface area contributed by atoms with Crippen molar-refractivity contribution in [3.05, 3.63) is 18.6 Å². The molecule has 4 rings (SSSR count). The first kappa shape index (κ1) is 17.5. The maximum atomic E-state index is 5.83. The van der Waals surface area contributed by atoms with Crippen LogP contribution >= 0.6 is 0 Å². The number of ether oxygens (including phenoxy) is 2. The first-order valence-corrected chi connectivity index (χ1v) is 9.10. The van der Waals surface area contributed by atoms with Crippen LogP contribution in [0.2, 0.25) is 0 Å². The molecule has 10 nitrogen and oxygen atoms in total. The lowest BCUT2D eigenvalue weighted by Crippen LogP contribution is -2.34. The molecule has 2 aromatic rings. The zero-order valence-corrected chi connectivity index (χ0v) is 15.5. The van der Waals surface area contributed by atoms with Gasteiger partial charge < -0.3 is 25.4 Å². The number of aromatic nitrogens is 4. The summed E-state index contributed by atoms with van der Waals surface area (Å²) in [6, 6.07) is 0. The van der Waals surface area contributed by atoms with Crippen molar-refractivity contribution in [3.63, 3.8) is 0 Å². The van der Waals surface area contributed by atoms with Crippen LogP contribution in [0.1, 0.15) is 12.8 Å². The molecule has 1 fully saturated rings. The standard InChI is InChI=1S/C17H24N8O2/c1-18-15-13(11-7-22-25(2)10-11)8-20-16(24-15)23-14-9-21-17(27-14)26-12-3-5-19-6-4-12/h7-8,10,12,14,19H,3-6,9H2,1-2H3,(H2,18,20,23,24). The maximum absolute atomic E-state index is 5.83. The summed E-state index contributed by atoms with van der Waals surface area (Å²) < 4.78 is 13.3. The van der Waals surface area contributed by atoms with Crippen LogP contribution in [0.4, 0.5) is 11.8 Å². The van der Waals surface area contributed by atoms with Crippen LogP contribution in [-0.2, 0) is 16.5 Å². The molecule has 0 saturated carbocycles. The lowest BCUT2D eigenvalue weighted by atomic mass is 10.1. The van der Waals surface area contributed by atoms with Crippen molar-refractivity contribution >= 4 is 17.9 Å². The van der Waals surface area contributed by atoms with E-state index in [1.807, 2.05) is 20.3 Å². The van der Waals surface area contributed by atoms with E-state index < -0.39 is 0 Å². The first-order chi connectivity index (χ1) is 13.2. The largest absolute Gasteiger partial charge is 0.447 e. The van der Waals surface area contributed by atoms with Crippen molar-refractivity contribution in [2.24, 2.45) is 12.0 Å². The molecule has 2 aliphatic heterocycles. The molecule has 1 unspecified atom stereocenters. The van der Waals surface area contributed by atoms with Gasteiger partial charge in [0.1, 0.15) is 18.5 Å². The molecule has 0 spiro atoms. The fourth-order valence-electron chi connectivity index (χ4n) is 3.11. The molecule has 0 bridgehead atoms. The van der Waals surface area contributed by atoms with Crippen LogP contribution in [0.5, 0.6) is 0 Å². The van der Waals surface area contributed by atoms with E-state index in [2.05, 4.69) is 36.0 Å². The number of hydrogen-bond donors (Lipinski definition) is 3. The molecule has 0 amide bonds. The van der Waals surface area contributed by atoms with Crippen molar-refractivity contribution < 1.29 is 9.47 Å². The summed E-state index contributed by atoms with van der Waals surface area (Å²) in [5.41, 5.74) is 1.83. The SMILES string of the molecule is CNc1nc(NC2CN=C(OC3CCNCC3)O2)ncc1-c1cnn(C)c1. The van der Waals surface area contributed by atoms with Crippen molar-refractivity contribution in [2.75, 3.05) is 37.3 Å². The topological polar surface area (TPSA) is 111 Å². The summed E-state index contributed by atoms with van der Waals surface area (Å²) in [7, 11) is 3.70. The third-order valence-electron chi connectivity index (χ3n) is 4.51. The van der Waals surface area contributed by atoms with Gasteiger partial charge in [-0.2, -0.15) is 10.1 Å². The molecule has 10 heteroatoms. The summed E-state index contributed by atoms with van der Waals surface area (Å²) in [4.78, 5) is 13.3. The Balaban J connectivity index is 1.37. The Morgan fingerprint density at radius 2 is 2.15 bits per heavy atom. The Morgan fingerprint density at radius 1 is 1.30 bits per heavy atom. The van der Waals surface area contributed by atoms with E-state index in [4.69, 9.17) is 9.47 Å². The summed E-state index contributed by atoms with van der Waals surface area (Å²) in [5, 5.41) is 13.8. The Bertz CT molecular complexity index is 815. The van der Waals surface area contributed by atoms with Crippen molar-refractivity contribution in [3.8, 4) is 11.1 Å². The summed E-state index contributed by atoms with van der Waals surface area (Å²) in [5.74, 6) is 1.18. The summed E-state index contributed by atoms with van der Waals surface area (Å²) in [6.45, 7) is 2.38. The highest BCUT2D eigenvalue weighted by atomic mass is 16.7. The van der Waals surface area contributed by atoms with Crippen LogP contribution in [0.3, 0.4) is 0 Å². The Kier molecular flexibility index (Phi) is 5.05. The zero-order valence-electron chi connectivity index (χ0n) is 15.5. The van der Waals surface area contributed by atoms with Crippen LogP contribution in [0.15, 0.2) is 23.6 Å². The van der Waals surface area contributed by atoms with Gasteiger partial charge in [-0.25, -0.2) is 9.98 Å². The Hall–Kier alpha value is -2.88. The number of hydrogen-bond acceptors (Lipinski definition) is 9. The lowest BCUT2D eigenvalue weighted by Gasteiger charge is -2.23. The number of piperidine rings is 1. The highest BCUT2D eigenvalue weighted by Gasteiger charge is 2.25. The Labute approximate surface area is 157 Å². The van der Waals surface area contributed by atoms with Gasteiger partial charge in [0.2, 0.25) is 5.95 Å². The van der Waals surface area contributed by atoms with Gasteiger partial charge in [-0.1, -0.05) is 0 Å². The molecular formula is C17H24N8O2. The number of aliphatic imine (C=N–C) groups is 1. The van der Waals surface area contributed by atoms with Gasteiger partial charge in [0.05, 0.1) is 6.20 Å². The second-order valence-corrected chi connectivity index (χ2v) is 6.53. The van der Waals surface area contributed by atoms with Crippen LogP contribution in [0, 0.1) is 0 Å².